The van der Waals surface area contributed by atoms with Crippen molar-refractivity contribution in [3.8, 4) is 6.07 Å². The first kappa shape index (κ1) is 23.2. The largest absolute Gasteiger partial charge is 0.347 e. The van der Waals surface area contributed by atoms with Crippen LogP contribution in [0.15, 0.2) is 89.5 Å². The van der Waals surface area contributed by atoms with Gasteiger partial charge in [-0.15, -0.1) is 0 Å². The molecule has 3 aromatic carbocycles. The Bertz CT molecular complexity index is 1270. The van der Waals surface area contributed by atoms with Crippen LogP contribution in [0.25, 0.3) is 0 Å². The Hall–Kier alpha value is -3.96. The lowest BCUT2D eigenvalue weighted by atomic mass is 10.1. The van der Waals surface area contributed by atoms with E-state index >= 15 is 0 Å². The van der Waals surface area contributed by atoms with Gasteiger partial charge in [0.15, 0.2) is 0 Å². The van der Waals surface area contributed by atoms with Gasteiger partial charge in [-0.25, -0.2) is 8.78 Å². The minimum atomic E-state index is -0.643. The maximum Gasteiger partial charge on any atom is 0.264 e. The lowest BCUT2D eigenvalue weighted by Crippen LogP contribution is -2.32. The number of rotatable bonds is 6. The number of carbonyl (C=O) groups is 2. The smallest absolute Gasteiger partial charge is 0.264 e. The van der Waals surface area contributed by atoms with Crippen LogP contribution in [-0.4, -0.2) is 17.1 Å². The average Bonchev–Trinajstić information content (AvgIpc) is 3.16. The van der Waals surface area contributed by atoms with Gasteiger partial charge in [-0.05, 0) is 53.9 Å². The summed E-state index contributed by atoms with van der Waals surface area (Å²) >= 11 is 1.09. The molecule has 5 nitrogen and oxygen atoms in total. The number of anilines is 1. The van der Waals surface area contributed by atoms with Gasteiger partial charge < -0.3 is 5.32 Å². The van der Waals surface area contributed by atoms with Crippen LogP contribution in [0, 0.1) is 23.0 Å². The number of thioether (sulfide) groups is 1. The molecule has 1 aliphatic rings. The summed E-state index contributed by atoms with van der Waals surface area (Å²) in [5.74, 6) is -1.82. The Morgan fingerprint density at radius 2 is 1.56 bits per heavy atom. The van der Waals surface area contributed by atoms with Gasteiger partial charge in [-0.1, -0.05) is 54.2 Å². The van der Waals surface area contributed by atoms with Crippen molar-refractivity contribution in [2.75, 3.05) is 4.90 Å². The number of nitrogens with one attached hydrogen (secondary N) is 1. The fourth-order valence-electron chi connectivity index (χ4n) is 3.51. The molecule has 1 atom stereocenters. The first-order valence-electron chi connectivity index (χ1n) is 10.4. The molecule has 0 spiro atoms. The van der Waals surface area contributed by atoms with E-state index < -0.39 is 17.0 Å². The van der Waals surface area contributed by atoms with Crippen molar-refractivity contribution in [1.29, 1.82) is 5.26 Å². The molecule has 0 bridgehead atoms. The van der Waals surface area contributed by atoms with E-state index in [0.29, 0.717) is 5.69 Å². The maximum atomic E-state index is 13.5. The highest BCUT2D eigenvalue weighted by atomic mass is 32.2. The standard InChI is InChI=1S/C26H19F2N3O2S/c27-19-8-6-17(7-9-19)14-23-25(33)31(21-12-10-20(28)11-13-21)26(34-23)22(15-29)24(32)30-16-18-4-2-1-3-5-18/h1-13,23H,14,16H2,(H,30,32)/b26-22-/t23-/m0/s1. The second-order valence-corrected chi connectivity index (χ2v) is 8.74. The Morgan fingerprint density at radius 1 is 0.941 bits per heavy atom. The Kier molecular flexibility index (Phi) is 7.04. The van der Waals surface area contributed by atoms with E-state index in [0.717, 1.165) is 22.9 Å². The molecule has 8 heteroatoms. The highest BCUT2D eigenvalue weighted by molar-refractivity contribution is 8.05. The number of hydrogen-bond donors (Lipinski definition) is 1. The molecule has 2 amide bonds. The molecule has 1 aliphatic heterocycles. The number of amides is 2. The zero-order valence-electron chi connectivity index (χ0n) is 17.9. The van der Waals surface area contributed by atoms with Crippen LogP contribution in [-0.2, 0) is 22.6 Å². The summed E-state index contributed by atoms with van der Waals surface area (Å²) in [7, 11) is 0. The van der Waals surface area contributed by atoms with Crippen LogP contribution in [0.4, 0.5) is 14.5 Å². The predicted octanol–water partition coefficient (Wildman–Crippen LogP) is 4.71. The summed E-state index contributed by atoms with van der Waals surface area (Å²) in [5, 5.41) is 12.1. The Labute approximate surface area is 199 Å². The monoisotopic (exact) mass is 475 g/mol. The van der Waals surface area contributed by atoms with Crippen LogP contribution in [0.1, 0.15) is 11.1 Å². The average molecular weight is 476 g/mol. The zero-order chi connectivity index (χ0) is 24.1. The van der Waals surface area contributed by atoms with Crippen LogP contribution in [0.2, 0.25) is 0 Å². The second-order valence-electron chi connectivity index (χ2n) is 7.55. The number of halogens is 2. The number of nitrogens with zero attached hydrogens (tertiary/aromatic N) is 2. The number of nitriles is 1. The fraction of sp³-hybridized carbons (Fsp3) is 0.115. The minimum Gasteiger partial charge on any atom is -0.347 e. The lowest BCUT2D eigenvalue weighted by molar-refractivity contribution is -0.117. The summed E-state index contributed by atoms with van der Waals surface area (Å²) in [4.78, 5) is 27.6. The van der Waals surface area contributed by atoms with E-state index in [1.165, 1.54) is 41.3 Å². The number of carbonyl (C=O) groups excluding carboxylic acids is 2. The van der Waals surface area contributed by atoms with Gasteiger partial charge in [-0.3, -0.25) is 14.5 Å². The van der Waals surface area contributed by atoms with Crippen molar-refractivity contribution < 1.29 is 18.4 Å². The molecule has 0 saturated carbocycles. The molecule has 0 aliphatic carbocycles. The van der Waals surface area contributed by atoms with Crippen molar-refractivity contribution in [1.82, 2.24) is 5.32 Å². The van der Waals surface area contributed by atoms with Crippen molar-refractivity contribution in [2.45, 2.75) is 18.2 Å². The molecular formula is C26H19F2N3O2S. The third-order valence-corrected chi connectivity index (χ3v) is 6.48. The topological polar surface area (TPSA) is 73.2 Å². The van der Waals surface area contributed by atoms with Crippen molar-refractivity contribution >= 4 is 29.3 Å². The molecule has 1 fully saturated rings. The van der Waals surface area contributed by atoms with Gasteiger partial charge in [0.2, 0.25) is 5.91 Å². The fourth-order valence-corrected chi connectivity index (χ4v) is 4.82. The molecule has 0 unspecified atom stereocenters. The van der Waals surface area contributed by atoms with Crippen LogP contribution < -0.4 is 10.2 Å². The molecule has 34 heavy (non-hydrogen) atoms. The van der Waals surface area contributed by atoms with E-state index in [1.54, 1.807) is 12.1 Å². The van der Waals surface area contributed by atoms with E-state index in [9.17, 15) is 23.6 Å². The first-order chi connectivity index (χ1) is 16.5. The van der Waals surface area contributed by atoms with E-state index in [1.807, 2.05) is 36.4 Å². The maximum absolute atomic E-state index is 13.5. The highest BCUT2D eigenvalue weighted by Gasteiger charge is 2.40. The summed E-state index contributed by atoms with van der Waals surface area (Å²) < 4.78 is 26.8. The summed E-state index contributed by atoms with van der Waals surface area (Å²) in [6.45, 7) is 0.215. The molecule has 1 saturated heterocycles. The number of hydrogen-bond acceptors (Lipinski definition) is 4. The number of benzene rings is 3. The summed E-state index contributed by atoms with van der Waals surface area (Å²) in [6, 6.07) is 22.2. The first-order valence-corrected chi connectivity index (χ1v) is 11.3. The third-order valence-electron chi connectivity index (χ3n) is 5.22. The molecule has 1 N–H and O–H groups in total. The molecule has 0 radical (unpaired) electrons. The quantitative estimate of drug-likeness (QED) is 0.414. The van der Waals surface area contributed by atoms with Gasteiger partial charge in [-0.2, -0.15) is 5.26 Å². The minimum absolute atomic E-state index is 0.178. The zero-order valence-corrected chi connectivity index (χ0v) is 18.7. The predicted molar refractivity (Wildman–Crippen MR) is 126 cm³/mol. The van der Waals surface area contributed by atoms with E-state index in [4.69, 9.17) is 0 Å². The van der Waals surface area contributed by atoms with E-state index in [2.05, 4.69) is 5.32 Å². The van der Waals surface area contributed by atoms with Gasteiger partial charge in [0, 0.05) is 12.2 Å². The third kappa shape index (κ3) is 5.16. The molecule has 170 valence electrons. The molecule has 4 rings (SSSR count). The van der Waals surface area contributed by atoms with E-state index in [-0.39, 0.29) is 35.3 Å². The molecule has 1 heterocycles. The normalized spacial score (nSPS) is 16.8. The van der Waals surface area contributed by atoms with Crippen molar-refractivity contribution in [3.63, 3.8) is 0 Å². The summed E-state index contributed by atoms with van der Waals surface area (Å²) in [5.41, 5.74) is 1.73. The Balaban J connectivity index is 1.66. The van der Waals surface area contributed by atoms with Gasteiger partial charge >= 0.3 is 0 Å². The Morgan fingerprint density at radius 3 is 2.18 bits per heavy atom. The van der Waals surface area contributed by atoms with Gasteiger partial charge in [0.1, 0.15) is 28.3 Å². The van der Waals surface area contributed by atoms with Gasteiger partial charge in [0.05, 0.1) is 5.25 Å². The van der Waals surface area contributed by atoms with Gasteiger partial charge in [0.25, 0.3) is 5.91 Å². The SMILES string of the molecule is N#C/C(C(=O)NCc1ccccc1)=C1/S[C@@H](Cc2ccc(F)cc2)C(=O)N1c1ccc(F)cc1. The van der Waals surface area contributed by atoms with Crippen molar-refractivity contribution in [2.24, 2.45) is 0 Å². The van der Waals surface area contributed by atoms with Crippen LogP contribution in [0.3, 0.4) is 0 Å². The molecular weight excluding hydrogens is 456 g/mol. The van der Waals surface area contributed by atoms with Crippen molar-refractivity contribution in [3.05, 3.63) is 112 Å². The van der Waals surface area contributed by atoms with Crippen LogP contribution in [0.5, 0.6) is 0 Å². The molecule has 3 aromatic rings. The highest BCUT2D eigenvalue weighted by Crippen LogP contribution is 2.42. The molecule has 0 aromatic heterocycles. The second kappa shape index (κ2) is 10.3. The van der Waals surface area contributed by atoms with Crippen LogP contribution >= 0.6 is 11.8 Å². The summed E-state index contributed by atoms with van der Waals surface area (Å²) in [6.07, 6.45) is 0.273. The lowest BCUT2D eigenvalue weighted by Gasteiger charge is -2.18.